The third-order valence-electron chi connectivity index (χ3n) is 3.32. The molecule has 1 unspecified atom stereocenters. The van der Waals surface area contributed by atoms with Crippen LogP contribution in [0.3, 0.4) is 0 Å². The number of rotatable bonds is 5. The minimum atomic E-state index is -3.73. The molecule has 21 heavy (non-hydrogen) atoms. The van der Waals surface area contributed by atoms with Crippen LogP contribution in [-0.4, -0.2) is 13.4 Å². The fourth-order valence-electron chi connectivity index (χ4n) is 1.82. The van der Waals surface area contributed by atoms with E-state index in [0.717, 1.165) is 6.42 Å². The molecule has 0 aliphatic heterocycles. The third kappa shape index (κ3) is 4.03. The topological polar surface area (TPSA) is 82.3 Å². The first-order valence-electron chi connectivity index (χ1n) is 6.67. The fraction of sp³-hybridized carbons (Fsp3) is 0.267. The molecule has 112 valence electrons. The van der Waals surface area contributed by atoms with Crippen molar-refractivity contribution in [3.8, 4) is 11.6 Å². The van der Waals surface area contributed by atoms with Crippen molar-refractivity contribution in [2.75, 3.05) is 0 Å². The molecule has 1 atom stereocenters. The van der Waals surface area contributed by atoms with E-state index in [0.29, 0.717) is 17.5 Å². The maximum Gasteiger partial charge on any atom is 0.239 e. The summed E-state index contributed by atoms with van der Waals surface area (Å²) < 4.78 is 27.8. The SMILES string of the molecule is CCC(C)c1ccc(Oc2ccc(S(N)(=O)=O)cn2)cc1. The van der Waals surface area contributed by atoms with Crippen molar-refractivity contribution in [2.45, 2.75) is 31.1 Å². The van der Waals surface area contributed by atoms with Gasteiger partial charge in [0.15, 0.2) is 0 Å². The highest BCUT2D eigenvalue weighted by Crippen LogP contribution is 2.24. The summed E-state index contributed by atoms with van der Waals surface area (Å²) in [6.07, 6.45) is 2.26. The van der Waals surface area contributed by atoms with Gasteiger partial charge in [-0.25, -0.2) is 18.5 Å². The van der Waals surface area contributed by atoms with Crippen LogP contribution in [0.5, 0.6) is 11.6 Å². The van der Waals surface area contributed by atoms with E-state index in [9.17, 15) is 8.42 Å². The van der Waals surface area contributed by atoms with Crippen molar-refractivity contribution < 1.29 is 13.2 Å². The zero-order valence-electron chi connectivity index (χ0n) is 12.0. The van der Waals surface area contributed by atoms with Gasteiger partial charge in [-0.2, -0.15) is 0 Å². The maximum absolute atomic E-state index is 11.1. The molecular formula is C15H18N2O3S. The van der Waals surface area contributed by atoms with Gasteiger partial charge in [0.1, 0.15) is 10.6 Å². The summed E-state index contributed by atoms with van der Waals surface area (Å²) in [5.74, 6) is 1.47. The van der Waals surface area contributed by atoms with Gasteiger partial charge in [0.05, 0.1) is 6.20 Å². The second-order valence-electron chi connectivity index (χ2n) is 4.86. The Morgan fingerprint density at radius 2 is 1.86 bits per heavy atom. The van der Waals surface area contributed by atoms with Crippen LogP contribution in [-0.2, 0) is 10.0 Å². The minimum Gasteiger partial charge on any atom is -0.439 e. The van der Waals surface area contributed by atoms with Crippen molar-refractivity contribution >= 4 is 10.0 Å². The van der Waals surface area contributed by atoms with Crippen molar-refractivity contribution in [1.29, 1.82) is 0 Å². The smallest absolute Gasteiger partial charge is 0.239 e. The van der Waals surface area contributed by atoms with E-state index < -0.39 is 10.0 Å². The van der Waals surface area contributed by atoms with Crippen LogP contribution >= 0.6 is 0 Å². The van der Waals surface area contributed by atoms with Gasteiger partial charge >= 0.3 is 0 Å². The highest BCUT2D eigenvalue weighted by Gasteiger charge is 2.09. The number of benzene rings is 1. The first kappa shape index (κ1) is 15.5. The van der Waals surface area contributed by atoms with E-state index in [1.54, 1.807) is 0 Å². The van der Waals surface area contributed by atoms with Crippen LogP contribution in [0, 0.1) is 0 Å². The average molecular weight is 306 g/mol. The van der Waals surface area contributed by atoms with Gasteiger partial charge in [-0.15, -0.1) is 0 Å². The normalized spacial score (nSPS) is 12.9. The van der Waals surface area contributed by atoms with E-state index in [1.165, 1.54) is 23.9 Å². The first-order valence-corrected chi connectivity index (χ1v) is 8.21. The Morgan fingerprint density at radius 1 is 1.19 bits per heavy atom. The van der Waals surface area contributed by atoms with Crippen LogP contribution in [0.2, 0.25) is 0 Å². The molecule has 0 radical (unpaired) electrons. The molecule has 0 spiro atoms. The van der Waals surface area contributed by atoms with Gasteiger partial charge in [-0.05, 0) is 36.1 Å². The summed E-state index contributed by atoms with van der Waals surface area (Å²) in [6.45, 7) is 4.31. The zero-order valence-corrected chi connectivity index (χ0v) is 12.8. The van der Waals surface area contributed by atoms with Crippen LogP contribution < -0.4 is 9.88 Å². The molecule has 5 nitrogen and oxygen atoms in total. The molecule has 1 aromatic carbocycles. The summed E-state index contributed by atoms with van der Waals surface area (Å²) >= 11 is 0. The second-order valence-corrected chi connectivity index (χ2v) is 6.42. The van der Waals surface area contributed by atoms with E-state index in [2.05, 4.69) is 18.8 Å². The number of hydrogen-bond donors (Lipinski definition) is 1. The number of ether oxygens (including phenoxy) is 1. The number of sulfonamides is 1. The fourth-order valence-corrected chi connectivity index (χ4v) is 2.27. The zero-order chi connectivity index (χ0) is 15.5. The molecule has 2 aromatic rings. The molecule has 0 aliphatic carbocycles. The lowest BCUT2D eigenvalue weighted by molar-refractivity contribution is 0.461. The molecular weight excluding hydrogens is 288 g/mol. The molecule has 0 aliphatic rings. The predicted octanol–water partition coefficient (Wildman–Crippen LogP) is 3.03. The van der Waals surface area contributed by atoms with Gasteiger partial charge in [-0.1, -0.05) is 26.0 Å². The molecule has 2 rings (SSSR count). The molecule has 0 saturated carbocycles. The number of nitrogens with two attached hydrogens (primary N) is 1. The summed E-state index contributed by atoms with van der Waals surface area (Å²) in [4.78, 5) is 3.89. The van der Waals surface area contributed by atoms with Crippen molar-refractivity contribution in [3.05, 3.63) is 48.2 Å². The molecule has 0 saturated heterocycles. The van der Waals surface area contributed by atoms with E-state index in [4.69, 9.17) is 9.88 Å². The number of nitrogens with zero attached hydrogens (tertiary/aromatic N) is 1. The molecule has 0 fully saturated rings. The summed E-state index contributed by atoms with van der Waals surface area (Å²) in [7, 11) is -3.73. The number of hydrogen-bond acceptors (Lipinski definition) is 4. The van der Waals surface area contributed by atoms with Crippen molar-refractivity contribution in [1.82, 2.24) is 4.98 Å². The lowest BCUT2D eigenvalue weighted by Gasteiger charge is -2.10. The molecule has 6 heteroatoms. The first-order chi connectivity index (χ1) is 9.90. The Balaban J connectivity index is 2.11. The number of primary sulfonamides is 1. The quantitative estimate of drug-likeness (QED) is 0.920. The Labute approximate surface area is 124 Å². The number of aromatic nitrogens is 1. The molecule has 0 bridgehead atoms. The van der Waals surface area contributed by atoms with Gasteiger partial charge < -0.3 is 4.74 Å². The predicted molar refractivity (Wildman–Crippen MR) is 80.8 cm³/mol. The Hall–Kier alpha value is -1.92. The van der Waals surface area contributed by atoms with Gasteiger partial charge in [0.2, 0.25) is 15.9 Å². The van der Waals surface area contributed by atoms with Crippen molar-refractivity contribution in [3.63, 3.8) is 0 Å². The second kappa shape index (κ2) is 6.24. The number of pyridine rings is 1. The van der Waals surface area contributed by atoms with E-state index in [1.807, 2.05) is 24.3 Å². The molecule has 1 aromatic heterocycles. The Kier molecular flexibility index (Phi) is 4.59. The lowest BCUT2D eigenvalue weighted by Crippen LogP contribution is -2.12. The highest BCUT2D eigenvalue weighted by molar-refractivity contribution is 7.89. The van der Waals surface area contributed by atoms with Crippen LogP contribution in [0.1, 0.15) is 31.7 Å². The van der Waals surface area contributed by atoms with Crippen molar-refractivity contribution in [2.24, 2.45) is 5.14 Å². The molecule has 1 heterocycles. The third-order valence-corrected chi connectivity index (χ3v) is 4.22. The molecule has 0 amide bonds. The van der Waals surface area contributed by atoms with Crippen LogP contribution in [0.15, 0.2) is 47.5 Å². The lowest BCUT2D eigenvalue weighted by atomic mass is 9.99. The summed E-state index contributed by atoms with van der Waals surface area (Å²) in [5, 5.41) is 5.01. The average Bonchev–Trinajstić information content (AvgIpc) is 2.47. The Morgan fingerprint density at radius 3 is 2.33 bits per heavy atom. The maximum atomic E-state index is 11.1. The van der Waals surface area contributed by atoms with E-state index in [-0.39, 0.29) is 4.90 Å². The highest BCUT2D eigenvalue weighted by atomic mass is 32.2. The minimum absolute atomic E-state index is 0.0398. The van der Waals surface area contributed by atoms with E-state index >= 15 is 0 Å². The van der Waals surface area contributed by atoms with Crippen LogP contribution in [0.25, 0.3) is 0 Å². The largest absolute Gasteiger partial charge is 0.439 e. The Bertz CT molecular complexity index is 695. The summed E-state index contributed by atoms with van der Waals surface area (Å²) in [6, 6.07) is 10.6. The van der Waals surface area contributed by atoms with Crippen LogP contribution in [0.4, 0.5) is 0 Å². The van der Waals surface area contributed by atoms with Gasteiger partial charge in [0.25, 0.3) is 0 Å². The molecule has 2 N–H and O–H groups in total. The summed E-state index contributed by atoms with van der Waals surface area (Å²) in [5.41, 5.74) is 1.25. The standard InChI is InChI=1S/C15H18N2O3S/c1-3-11(2)12-4-6-13(7-5-12)20-15-9-8-14(10-17-15)21(16,18)19/h4-11H,3H2,1-2H3,(H2,16,18,19). The van der Waals surface area contributed by atoms with Gasteiger partial charge in [-0.3, -0.25) is 0 Å². The monoisotopic (exact) mass is 306 g/mol. The van der Waals surface area contributed by atoms with Gasteiger partial charge in [0, 0.05) is 6.07 Å².